The SMILES string of the molecule is CC1(C)CC(c2ccc(OCCCS(C)(=O)=O)cc2C(F)(F)F)c2cc(COc3cc4c(cn3)C3C(C4)C3C(=O)O)c(F)cc21. The molecule has 0 spiro atoms. The predicted molar refractivity (Wildman–Crippen MR) is 157 cm³/mol. The van der Waals surface area contributed by atoms with Crippen molar-refractivity contribution in [1.29, 1.82) is 0 Å². The number of hydrogen-bond donors (Lipinski definition) is 1. The molecular formula is C33H33F4NO6S. The second kappa shape index (κ2) is 11.0. The van der Waals surface area contributed by atoms with Gasteiger partial charge in [-0.1, -0.05) is 19.9 Å². The van der Waals surface area contributed by atoms with Crippen LogP contribution in [0.4, 0.5) is 17.6 Å². The minimum absolute atomic E-state index is 0.0112. The highest BCUT2D eigenvalue weighted by Gasteiger charge is 2.60. The van der Waals surface area contributed by atoms with Crippen LogP contribution in [0, 0.1) is 17.7 Å². The molecule has 4 unspecified atom stereocenters. The number of benzene rings is 2. The van der Waals surface area contributed by atoms with E-state index in [1.54, 1.807) is 18.3 Å². The Morgan fingerprint density at radius 1 is 1.09 bits per heavy atom. The summed E-state index contributed by atoms with van der Waals surface area (Å²) >= 11 is 0. The molecule has 3 aliphatic rings. The molecule has 3 aliphatic carbocycles. The van der Waals surface area contributed by atoms with Gasteiger partial charge in [-0.3, -0.25) is 4.79 Å². The summed E-state index contributed by atoms with van der Waals surface area (Å²) in [6.07, 6.45) is -0.894. The van der Waals surface area contributed by atoms with Gasteiger partial charge in [-0.25, -0.2) is 17.8 Å². The quantitative estimate of drug-likeness (QED) is 0.200. The molecule has 0 bridgehead atoms. The molecule has 6 rings (SSSR count). The van der Waals surface area contributed by atoms with Crippen LogP contribution < -0.4 is 9.47 Å². The summed E-state index contributed by atoms with van der Waals surface area (Å²) in [7, 11) is -3.22. The lowest BCUT2D eigenvalue weighted by Crippen LogP contribution is -2.15. The van der Waals surface area contributed by atoms with Gasteiger partial charge in [0.2, 0.25) is 5.88 Å². The smallest absolute Gasteiger partial charge is 0.416 e. The lowest BCUT2D eigenvalue weighted by molar-refractivity contribution is -0.139. The highest BCUT2D eigenvalue weighted by atomic mass is 32.2. The van der Waals surface area contributed by atoms with Gasteiger partial charge in [0.05, 0.1) is 23.8 Å². The van der Waals surface area contributed by atoms with E-state index in [2.05, 4.69) is 4.98 Å². The van der Waals surface area contributed by atoms with Gasteiger partial charge in [-0.15, -0.1) is 0 Å². The molecule has 3 aromatic rings. The first-order valence-corrected chi connectivity index (χ1v) is 16.8. The van der Waals surface area contributed by atoms with Crippen molar-refractivity contribution in [1.82, 2.24) is 4.98 Å². The van der Waals surface area contributed by atoms with Gasteiger partial charge in [-0.05, 0) is 82.7 Å². The number of pyridine rings is 1. The molecule has 2 aromatic carbocycles. The van der Waals surface area contributed by atoms with Crippen LogP contribution >= 0.6 is 0 Å². The number of alkyl halides is 3. The summed E-state index contributed by atoms with van der Waals surface area (Å²) in [6, 6.07) is 8.49. The summed E-state index contributed by atoms with van der Waals surface area (Å²) < 4.78 is 92.5. The molecular weight excluding hydrogens is 614 g/mol. The Balaban J connectivity index is 1.24. The molecule has 1 heterocycles. The van der Waals surface area contributed by atoms with E-state index in [1.807, 2.05) is 13.8 Å². The van der Waals surface area contributed by atoms with E-state index in [4.69, 9.17) is 9.47 Å². The lowest BCUT2D eigenvalue weighted by Gasteiger charge is -2.22. The zero-order valence-corrected chi connectivity index (χ0v) is 25.8. The molecule has 0 saturated heterocycles. The van der Waals surface area contributed by atoms with Crippen LogP contribution in [0.3, 0.4) is 0 Å². The molecule has 12 heteroatoms. The Kier molecular flexibility index (Phi) is 7.65. The third-order valence-corrected chi connectivity index (χ3v) is 10.3. The highest BCUT2D eigenvalue weighted by Crippen LogP contribution is 2.61. The third-order valence-electron chi connectivity index (χ3n) is 9.31. The van der Waals surface area contributed by atoms with Crippen LogP contribution in [-0.2, 0) is 39.3 Å². The van der Waals surface area contributed by atoms with Crippen molar-refractivity contribution in [3.8, 4) is 11.6 Å². The molecule has 4 atom stereocenters. The van der Waals surface area contributed by atoms with E-state index in [9.17, 15) is 31.5 Å². The molecule has 1 fully saturated rings. The zero-order chi connectivity index (χ0) is 32.5. The minimum atomic E-state index is -4.69. The Bertz CT molecular complexity index is 1790. The monoisotopic (exact) mass is 647 g/mol. The topological polar surface area (TPSA) is 103 Å². The van der Waals surface area contributed by atoms with Crippen molar-refractivity contribution in [2.24, 2.45) is 11.8 Å². The maximum Gasteiger partial charge on any atom is 0.416 e. The molecule has 240 valence electrons. The Hall–Kier alpha value is -3.67. The lowest BCUT2D eigenvalue weighted by atomic mass is 9.84. The predicted octanol–water partition coefficient (Wildman–Crippen LogP) is 6.42. The molecule has 45 heavy (non-hydrogen) atoms. The van der Waals surface area contributed by atoms with Gasteiger partial charge < -0.3 is 14.6 Å². The van der Waals surface area contributed by atoms with Crippen LogP contribution in [0.15, 0.2) is 42.6 Å². The van der Waals surface area contributed by atoms with Crippen molar-refractivity contribution in [3.05, 3.63) is 87.4 Å². The van der Waals surface area contributed by atoms with Crippen molar-refractivity contribution < 1.29 is 45.4 Å². The first kappa shape index (κ1) is 31.3. The van der Waals surface area contributed by atoms with Gasteiger partial charge in [0.25, 0.3) is 0 Å². The van der Waals surface area contributed by atoms with Crippen LogP contribution in [0.2, 0.25) is 0 Å². The molecule has 0 radical (unpaired) electrons. The van der Waals surface area contributed by atoms with Crippen LogP contribution in [0.5, 0.6) is 11.6 Å². The largest absolute Gasteiger partial charge is 0.494 e. The second-order valence-electron chi connectivity index (χ2n) is 13.0. The third kappa shape index (κ3) is 6.13. The number of hydrogen-bond acceptors (Lipinski definition) is 6. The summed E-state index contributed by atoms with van der Waals surface area (Å²) in [4.78, 5) is 15.7. The summed E-state index contributed by atoms with van der Waals surface area (Å²) in [5.74, 6) is -2.23. The zero-order valence-electron chi connectivity index (χ0n) is 24.9. The van der Waals surface area contributed by atoms with E-state index in [0.29, 0.717) is 24.0 Å². The molecule has 1 aromatic heterocycles. The van der Waals surface area contributed by atoms with Gasteiger partial charge in [0, 0.05) is 35.9 Å². The number of halogens is 4. The fraction of sp³-hybridized carbons (Fsp3) is 0.455. The molecule has 1 N–H and O–H groups in total. The second-order valence-corrected chi connectivity index (χ2v) is 15.3. The van der Waals surface area contributed by atoms with E-state index in [-0.39, 0.29) is 65.9 Å². The maximum absolute atomic E-state index is 15.4. The van der Waals surface area contributed by atoms with Crippen molar-refractivity contribution in [2.75, 3.05) is 18.6 Å². The first-order chi connectivity index (χ1) is 21.0. The average Bonchev–Trinajstić information content (AvgIpc) is 3.44. The number of carboxylic acids is 1. The van der Waals surface area contributed by atoms with Crippen LogP contribution in [-0.4, -0.2) is 43.1 Å². The number of carboxylic acid groups (broad SMARTS) is 1. The van der Waals surface area contributed by atoms with E-state index in [0.717, 1.165) is 23.4 Å². The van der Waals surface area contributed by atoms with E-state index < -0.39 is 44.7 Å². The summed E-state index contributed by atoms with van der Waals surface area (Å²) in [5, 5.41) is 9.34. The Morgan fingerprint density at radius 3 is 2.53 bits per heavy atom. The van der Waals surface area contributed by atoms with Crippen LogP contribution in [0.1, 0.15) is 77.5 Å². The number of fused-ring (bicyclic) bond motifs is 4. The standard InChI is InChI=1S/C33H33F4NO6S/c1-32(2)14-23(20-6-5-19(12-26(20)33(35,36)37)43-7-4-8-45(3,41)42)21-10-18(27(34)13-25(21)32)16-44-28-11-17-9-22-29(24(17)15-38-28)30(22)31(39)40/h5-6,10-13,15,22-23,29-30H,4,7-9,14,16H2,1-3H3,(H,39,40). The van der Waals surface area contributed by atoms with Crippen molar-refractivity contribution in [2.45, 2.75) is 63.1 Å². The maximum atomic E-state index is 15.4. The minimum Gasteiger partial charge on any atom is -0.494 e. The number of nitrogens with zero attached hydrogens (tertiary/aromatic N) is 1. The number of aromatic nitrogens is 1. The van der Waals surface area contributed by atoms with Gasteiger partial charge in [-0.2, -0.15) is 13.2 Å². The van der Waals surface area contributed by atoms with Gasteiger partial charge in [0.15, 0.2) is 0 Å². The number of ether oxygens (including phenoxy) is 2. The van der Waals surface area contributed by atoms with Crippen LogP contribution in [0.25, 0.3) is 0 Å². The van der Waals surface area contributed by atoms with Gasteiger partial charge >= 0.3 is 12.1 Å². The highest BCUT2D eigenvalue weighted by molar-refractivity contribution is 7.90. The van der Waals surface area contributed by atoms with E-state index in [1.165, 1.54) is 18.2 Å². The average molecular weight is 648 g/mol. The molecule has 7 nitrogen and oxygen atoms in total. The number of sulfone groups is 1. The number of aliphatic carboxylic acids is 1. The number of carbonyl (C=O) groups is 1. The van der Waals surface area contributed by atoms with Crippen molar-refractivity contribution in [3.63, 3.8) is 0 Å². The van der Waals surface area contributed by atoms with Crippen molar-refractivity contribution >= 4 is 15.8 Å². The summed E-state index contributed by atoms with van der Waals surface area (Å²) in [6.45, 7) is 3.52. The fourth-order valence-electron chi connectivity index (χ4n) is 7.15. The first-order valence-electron chi connectivity index (χ1n) is 14.7. The molecule has 1 saturated carbocycles. The van der Waals surface area contributed by atoms with E-state index >= 15 is 4.39 Å². The summed E-state index contributed by atoms with van der Waals surface area (Å²) in [5.41, 5.74) is 1.87. The van der Waals surface area contributed by atoms with Gasteiger partial charge in [0.1, 0.15) is 28.0 Å². The normalized spacial score (nSPS) is 22.8. The number of rotatable bonds is 10. The molecule has 0 amide bonds. The Morgan fingerprint density at radius 2 is 1.84 bits per heavy atom. The Labute approximate surface area is 258 Å². The molecule has 0 aliphatic heterocycles. The fourth-order valence-corrected chi connectivity index (χ4v) is 7.79.